The molecule has 1 aliphatic rings. The summed E-state index contributed by atoms with van der Waals surface area (Å²) >= 11 is 3.96. The van der Waals surface area contributed by atoms with Crippen molar-refractivity contribution in [2.45, 2.75) is 18.1 Å². The van der Waals surface area contributed by atoms with Gasteiger partial charge in [-0.3, -0.25) is 0 Å². The van der Waals surface area contributed by atoms with Gasteiger partial charge >= 0.3 is 0 Å². The molecule has 0 aliphatic carbocycles. The molecule has 0 radical (unpaired) electrons. The first-order chi connectivity index (χ1) is 4.81. The summed E-state index contributed by atoms with van der Waals surface area (Å²) in [6.07, 6.45) is 1.36. The molecule has 10 heavy (non-hydrogen) atoms. The van der Waals surface area contributed by atoms with Crippen molar-refractivity contribution in [3.05, 3.63) is 22.4 Å². The largest absolute Gasteiger partial charge is 0.150 e. The summed E-state index contributed by atoms with van der Waals surface area (Å²) in [5, 5.41) is 2.17. The summed E-state index contributed by atoms with van der Waals surface area (Å²) in [7, 11) is 0. The summed E-state index contributed by atoms with van der Waals surface area (Å²) in [6.45, 7) is 2.34. The van der Waals surface area contributed by atoms with E-state index < -0.39 is 0 Å². The minimum Gasteiger partial charge on any atom is -0.150 e. The molecule has 54 valence electrons. The Balaban J connectivity index is 2.27. The van der Waals surface area contributed by atoms with Gasteiger partial charge in [0.1, 0.15) is 0 Å². The van der Waals surface area contributed by atoms with Crippen molar-refractivity contribution in [2.75, 3.05) is 5.75 Å². The van der Waals surface area contributed by atoms with Crippen molar-refractivity contribution in [3.63, 3.8) is 0 Å². The molecule has 1 aromatic heterocycles. The molecule has 0 aromatic carbocycles. The van der Waals surface area contributed by atoms with Crippen molar-refractivity contribution >= 4 is 23.1 Å². The number of thiophene rings is 1. The van der Waals surface area contributed by atoms with Crippen LogP contribution in [-0.4, -0.2) is 5.75 Å². The van der Waals surface area contributed by atoms with Gasteiger partial charge in [-0.05, 0) is 30.5 Å². The Bertz CT molecular complexity index is 209. The van der Waals surface area contributed by atoms with Crippen LogP contribution >= 0.6 is 23.1 Å². The van der Waals surface area contributed by atoms with Crippen molar-refractivity contribution in [1.29, 1.82) is 0 Å². The Kier molecular flexibility index (Phi) is 1.53. The van der Waals surface area contributed by atoms with Gasteiger partial charge in [-0.1, -0.05) is 6.07 Å². The molecule has 0 N–H and O–H groups in total. The molecule has 1 atom stereocenters. The third kappa shape index (κ3) is 0.903. The van der Waals surface area contributed by atoms with Gasteiger partial charge in [0, 0.05) is 9.62 Å². The molecule has 1 fully saturated rings. The van der Waals surface area contributed by atoms with E-state index in [9.17, 15) is 0 Å². The summed E-state index contributed by atoms with van der Waals surface area (Å²) in [4.78, 5) is 1.55. The quantitative estimate of drug-likeness (QED) is 0.624. The number of hydrogen-bond donors (Lipinski definition) is 0. The van der Waals surface area contributed by atoms with Crippen LogP contribution in [0.25, 0.3) is 0 Å². The Morgan fingerprint density at radius 2 is 2.40 bits per heavy atom. The molecule has 0 amide bonds. The van der Waals surface area contributed by atoms with Gasteiger partial charge in [0.2, 0.25) is 0 Å². The fraction of sp³-hybridized carbons (Fsp3) is 0.500. The van der Waals surface area contributed by atoms with Crippen LogP contribution in [0.5, 0.6) is 0 Å². The van der Waals surface area contributed by atoms with Crippen LogP contribution < -0.4 is 0 Å². The van der Waals surface area contributed by atoms with Gasteiger partial charge < -0.3 is 0 Å². The van der Waals surface area contributed by atoms with Gasteiger partial charge in [-0.15, -0.1) is 23.1 Å². The first-order valence-electron chi connectivity index (χ1n) is 3.49. The molecule has 2 heterocycles. The average molecular weight is 170 g/mol. The summed E-state index contributed by atoms with van der Waals surface area (Å²) in [5.74, 6) is 1.34. The van der Waals surface area contributed by atoms with E-state index in [1.165, 1.54) is 12.2 Å². The van der Waals surface area contributed by atoms with Crippen LogP contribution in [0.1, 0.15) is 18.2 Å². The highest BCUT2D eigenvalue weighted by Gasteiger charge is 2.35. The van der Waals surface area contributed by atoms with Crippen molar-refractivity contribution in [3.8, 4) is 0 Å². The molecule has 0 nitrogen and oxygen atoms in total. The Morgan fingerprint density at radius 3 is 2.80 bits per heavy atom. The summed E-state index contributed by atoms with van der Waals surface area (Å²) < 4.78 is 0.480. The predicted octanol–water partition coefficient (Wildman–Crippen LogP) is 3.10. The normalized spacial score (nSPS) is 31.7. The first-order valence-corrected chi connectivity index (χ1v) is 5.36. The molecule has 1 unspecified atom stereocenters. The zero-order valence-corrected chi connectivity index (χ0v) is 7.60. The molecule has 0 spiro atoms. The van der Waals surface area contributed by atoms with Gasteiger partial charge in [0.15, 0.2) is 0 Å². The van der Waals surface area contributed by atoms with Crippen LogP contribution in [0.2, 0.25) is 0 Å². The van der Waals surface area contributed by atoms with Gasteiger partial charge in [-0.2, -0.15) is 0 Å². The summed E-state index contributed by atoms with van der Waals surface area (Å²) in [6, 6.07) is 4.39. The van der Waals surface area contributed by atoms with Crippen molar-refractivity contribution in [1.82, 2.24) is 0 Å². The van der Waals surface area contributed by atoms with Crippen LogP contribution in [0.4, 0.5) is 0 Å². The van der Waals surface area contributed by atoms with E-state index in [1.54, 1.807) is 4.88 Å². The number of thioether (sulfide) groups is 1. The maximum atomic E-state index is 2.34. The smallest absolute Gasteiger partial charge is 0.0481 e. The molecule has 1 saturated heterocycles. The monoisotopic (exact) mass is 170 g/mol. The van der Waals surface area contributed by atoms with Crippen LogP contribution in [0.15, 0.2) is 17.5 Å². The second-order valence-corrected chi connectivity index (χ2v) is 5.35. The van der Waals surface area contributed by atoms with Crippen molar-refractivity contribution < 1.29 is 0 Å². The molecule has 0 saturated carbocycles. The Labute approximate surface area is 69.6 Å². The van der Waals surface area contributed by atoms with Gasteiger partial charge in [-0.25, -0.2) is 0 Å². The zero-order valence-electron chi connectivity index (χ0n) is 5.96. The lowest BCUT2D eigenvalue weighted by atomic mass is 10.1. The number of rotatable bonds is 1. The van der Waals surface area contributed by atoms with Crippen LogP contribution in [-0.2, 0) is 4.75 Å². The minimum absolute atomic E-state index is 0.480. The maximum Gasteiger partial charge on any atom is 0.0481 e. The van der Waals surface area contributed by atoms with E-state index in [2.05, 4.69) is 36.2 Å². The Morgan fingerprint density at radius 1 is 1.60 bits per heavy atom. The number of hydrogen-bond acceptors (Lipinski definition) is 2. The average Bonchev–Trinajstić information content (AvgIpc) is 2.33. The standard InChI is InChI=1S/C8H10S2/c1-8(4-6-10-8)7-3-2-5-9-7/h2-3,5H,4,6H2,1H3. The maximum absolute atomic E-state index is 2.34. The van der Waals surface area contributed by atoms with Crippen molar-refractivity contribution in [2.24, 2.45) is 0 Å². The highest BCUT2D eigenvalue weighted by Crippen LogP contribution is 2.50. The second-order valence-electron chi connectivity index (χ2n) is 2.81. The third-order valence-corrected chi connectivity index (χ3v) is 4.77. The highest BCUT2D eigenvalue weighted by molar-refractivity contribution is 8.01. The highest BCUT2D eigenvalue weighted by atomic mass is 32.2. The van der Waals surface area contributed by atoms with E-state index in [0.29, 0.717) is 4.75 Å². The lowest BCUT2D eigenvalue weighted by molar-refractivity contribution is 0.638. The fourth-order valence-electron chi connectivity index (χ4n) is 1.18. The van der Waals surface area contributed by atoms with Crippen LogP contribution in [0.3, 0.4) is 0 Å². The molecule has 1 aliphatic heterocycles. The summed E-state index contributed by atoms with van der Waals surface area (Å²) in [5.41, 5.74) is 0. The third-order valence-electron chi connectivity index (χ3n) is 2.04. The Hall–Kier alpha value is 0.0500. The lowest BCUT2D eigenvalue weighted by Crippen LogP contribution is -2.26. The minimum atomic E-state index is 0.480. The van der Waals surface area contributed by atoms with E-state index in [1.807, 2.05) is 11.3 Å². The molecule has 2 rings (SSSR count). The predicted molar refractivity (Wildman–Crippen MR) is 48.7 cm³/mol. The lowest BCUT2D eigenvalue weighted by Gasteiger charge is -2.36. The van der Waals surface area contributed by atoms with Gasteiger partial charge in [0.25, 0.3) is 0 Å². The first kappa shape index (κ1) is 6.74. The fourth-order valence-corrected chi connectivity index (χ4v) is 3.34. The molecule has 0 bridgehead atoms. The second kappa shape index (κ2) is 2.28. The van der Waals surface area contributed by atoms with Crippen LogP contribution in [0, 0.1) is 0 Å². The molecular formula is C8H10S2. The van der Waals surface area contributed by atoms with E-state index in [-0.39, 0.29) is 0 Å². The SMILES string of the molecule is CC1(c2cccs2)CCS1. The van der Waals surface area contributed by atoms with E-state index in [0.717, 1.165) is 0 Å². The topological polar surface area (TPSA) is 0 Å². The van der Waals surface area contributed by atoms with Gasteiger partial charge in [0.05, 0.1) is 0 Å². The zero-order chi connectivity index (χ0) is 7.03. The van der Waals surface area contributed by atoms with E-state index in [4.69, 9.17) is 0 Å². The van der Waals surface area contributed by atoms with E-state index >= 15 is 0 Å². The molecule has 1 aromatic rings. The molecule has 2 heteroatoms. The molecular weight excluding hydrogens is 160 g/mol.